The van der Waals surface area contributed by atoms with Crippen molar-refractivity contribution >= 4 is 17.7 Å². The molecule has 1 aliphatic rings. The van der Waals surface area contributed by atoms with Gasteiger partial charge in [-0.1, -0.05) is 0 Å². The van der Waals surface area contributed by atoms with E-state index >= 15 is 0 Å². The van der Waals surface area contributed by atoms with Crippen LogP contribution < -0.4 is 15.5 Å². The molecule has 0 radical (unpaired) electrons. The fraction of sp³-hybridized carbons (Fsp3) is 0.556. The number of aromatic nitrogens is 4. The lowest BCUT2D eigenvalue weighted by atomic mass is 10.1. The highest BCUT2D eigenvalue weighted by Gasteiger charge is 2.15. The number of hydrogen-bond donors (Lipinski definition) is 2. The maximum atomic E-state index is 12.1. The number of nitrogens with zero attached hydrogens (tertiary/aromatic N) is 5. The van der Waals surface area contributed by atoms with Gasteiger partial charge in [-0.25, -0.2) is 4.98 Å². The highest BCUT2D eigenvalue weighted by atomic mass is 16.2. The van der Waals surface area contributed by atoms with Crippen molar-refractivity contribution in [1.29, 1.82) is 0 Å². The maximum Gasteiger partial charge on any atom is 0.244 e. The minimum absolute atomic E-state index is 0.0605. The lowest BCUT2D eigenvalue weighted by Crippen LogP contribution is -2.34. The summed E-state index contributed by atoms with van der Waals surface area (Å²) in [6.07, 6.45) is 7.17. The first-order chi connectivity index (χ1) is 12.6. The molecule has 0 aliphatic carbocycles. The third-order valence-corrected chi connectivity index (χ3v) is 4.53. The summed E-state index contributed by atoms with van der Waals surface area (Å²) < 4.78 is 1.64. The lowest BCUT2D eigenvalue weighted by molar-refractivity contribution is -0.124. The van der Waals surface area contributed by atoms with Gasteiger partial charge < -0.3 is 15.5 Å². The molecule has 0 spiro atoms. The second-order valence-electron chi connectivity index (χ2n) is 6.62. The third kappa shape index (κ3) is 4.71. The van der Waals surface area contributed by atoms with Gasteiger partial charge in [0.15, 0.2) is 0 Å². The van der Waals surface area contributed by atoms with Crippen molar-refractivity contribution in [3.05, 3.63) is 30.2 Å². The number of amides is 1. The number of aryl methyl sites for hydroxylation is 1. The third-order valence-electron chi connectivity index (χ3n) is 4.53. The van der Waals surface area contributed by atoms with Gasteiger partial charge in [0.25, 0.3) is 0 Å². The minimum Gasteiger partial charge on any atom is -0.356 e. The molecular weight excluding hydrogens is 330 g/mol. The summed E-state index contributed by atoms with van der Waals surface area (Å²) >= 11 is 0. The first kappa shape index (κ1) is 18.2. The second-order valence-corrected chi connectivity index (χ2v) is 6.62. The van der Waals surface area contributed by atoms with E-state index < -0.39 is 0 Å². The molecule has 0 saturated carbocycles. The molecule has 8 nitrogen and oxygen atoms in total. The normalized spacial score (nSPS) is 15.5. The Bertz CT molecular complexity index is 710. The van der Waals surface area contributed by atoms with E-state index in [9.17, 15) is 4.79 Å². The van der Waals surface area contributed by atoms with Crippen molar-refractivity contribution in [3.8, 4) is 0 Å². The molecule has 0 aromatic carbocycles. The van der Waals surface area contributed by atoms with Crippen LogP contribution in [0.25, 0.3) is 0 Å². The Balaban J connectivity index is 1.48. The van der Waals surface area contributed by atoms with Crippen LogP contribution >= 0.6 is 0 Å². The molecule has 140 valence electrons. The van der Waals surface area contributed by atoms with Crippen LogP contribution in [0.2, 0.25) is 0 Å². The first-order valence-electron chi connectivity index (χ1n) is 9.25. The number of nitrogens with one attached hydrogen (secondary N) is 2. The van der Waals surface area contributed by atoms with Crippen molar-refractivity contribution in [3.63, 3.8) is 0 Å². The fourth-order valence-electron chi connectivity index (χ4n) is 3.05. The zero-order valence-electron chi connectivity index (χ0n) is 15.5. The van der Waals surface area contributed by atoms with Crippen LogP contribution in [0.15, 0.2) is 24.5 Å². The second kappa shape index (κ2) is 8.64. The van der Waals surface area contributed by atoms with Gasteiger partial charge in [-0.15, -0.1) is 0 Å². The molecule has 1 fully saturated rings. The van der Waals surface area contributed by atoms with E-state index in [0.717, 1.165) is 24.6 Å². The largest absolute Gasteiger partial charge is 0.356 e. The Morgan fingerprint density at radius 2 is 2.04 bits per heavy atom. The molecule has 0 bridgehead atoms. The Hall–Kier alpha value is -2.64. The molecule has 2 aromatic heterocycles. The molecule has 1 atom stereocenters. The molecule has 8 heteroatoms. The maximum absolute atomic E-state index is 12.1. The quantitative estimate of drug-likeness (QED) is 0.734. The standard InChI is InChI=1S/C18H27N7O/c1-14-13-16(24-10-4-3-5-11-24)23-18(22-14)20-9-8-19-17(26)15(2)25-12-6-7-21-25/h6-7,12-13,15H,3-5,8-11H2,1-2H3,(H,19,26)(H,20,22,23). The van der Waals surface area contributed by atoms with Crippen LogP contribution in [-0.2, 0) is 4.79 Å². The highest BCUT2D eigenvalue weighted by molar-refractivity contribution is 5.79. The van der Waals surface area contributed by atoms with Gasteiger partial charge in [0.05, 0.1) is 0 Å². The van der Waals surface area contributed by atoms with Crippen molar-refractivity contribution in [2.75, 3.05) is 36.4 Å². The summed E-state index contributed by atoms with van der Waals surface area (Å²) in [5.74, 6) is 1.53. The molecule has 1 saturated heterocycles. The SMILES string of the molecule is Cc1cc(N2CCCCC2)nc(NCCNC(=O)C(C)n2cccn2)n1. The average Bonchev–Trinajstić information content (AvgIpc) is 3.19. The molecule has 2 aromatic rings. The predicted octanol–water partition coefficient (Wildman–Crippen LogP) is 1.76. The minimum atomic E-state index is -0.328. The van der Waals surface area contributed by atoms with Crippen molar-refractivity contribution in [1.82, 2.24) is 25.1 Å². The van der Waals surface area contributed by atoms with E-state index in [-0.39, 0.29) is 11.9 Å². The number of hydrogen-bond acceptors (Lipinski definition) is 6. The highest BCUT2D eigenvalue weighted by Crippen LogP contribution is 2.19. The average molecular weight is 357 g/mol. The summed E-state index contributed by atoms with van der Waals surface area (Å²) in [6.45, 7) is 6.98. The molecule has 1 amide bonds. The molecule has 3 heterocycles. The van der Waals surface area contributed by atoms with E-state index in [1.807, 2.05) is 19.9 Å². The van der Waals surface area contributed by atoms with Gasteiger partial charge >= 0.3 is 0 Å². The number of carbonyl (C=O) groups excluding carboxylic acids is 1. The Morgan fingerprint density at radius 3 is 2.77 bits per heavy atom. The van der Waals surface area contributed by atoms with Gasteiger partial charge in [0, 0.05) is 50.3 Å². The van der Waals surface area contributed by atoms with Gasteiger partial charge in [-0.05, 0) is 39.2 Å². The first-order valence-corrected chi connectivity index (χ1v) is 9.25. The molecule has 3 rings (SSSR count). The van der Waals surface area contributed by atoms with E-state index in [1.54, 1.807) is 23.1 Å². The molecule has 2 N–H and O–H groups in total. The molecule has 1 aliphatic heterocycles. The van der Waals surface area contributed by atoms with E-state index in [1.165, 1.54) is 19.3 Å². The van der Waals surface area contributed by atoms with Crippen LogP contribution in [0, 0.1) is 6.92 Å². The van der Waals surface area contributed by atoms with E-state index in [2.05, 4.69) is 30.6 Å². The van der Waals surface area contributed by atoms with Gasteiger partial charge in [-0.2, -0.15) is 10.1 Å². The monoisotopic (exact) mass is 357 g/mol. The van der Waals surface area contributed by atoms with Gasteiger partial charge in [-0.3, -0.25) is 9.48 Å². The number of rotatable bonds is 7. The fourth-order valence-corrected chi connectivity index (χ4v) is 3.05. The molecule has 1 unspecified atom stereocenters. The van der Waals surface area contributed by atoms with Gasteiger partial charge in [0.2, 0.25) is 11.9 Å². The summed E-state index contributed by atoms with van der Waals surface area (Å²) in [5.41, 5.74) is 0.944. The summed E-state index contributed by atoms with van der Waals surface area (Å²) in [6, 6.07) is 3.51. The topological polar surface area (TPSA) is 88.0 Å². The summed E-state index contributed by atoms with van der Waals surface area (Å²) in [7, 11) is 0. The van der Waals surface area contributed by atoms with Crippen LogP contribution in [-0.4, -0.2) is 51.8 Å². The van der Waals surface area contributed by atoms with E-state index in [4.69, 9.17) is 0 Å². The van der Waals surface area contributed by atoms with Crippen LogP contribution in [0.1, 0.15) is 37.9 Å². The predicted molar refractivity (Wildman–Crippen MR) is 101 cm³/mol. The number of anilines is 2. The molecule has 26 heavy (non-hydrogen) atoms. The summed E-state index contributed by atoms with van der Waals surface area (Å²) in [5, 5.41) is 10.2. The Labute approximate surface area is 154 Å². The zero-order valence-corrected chi connectivity index (χ0v) is 15.5. The van der Waals surface area contributed by atoms with Crippen molar-refractivity contribution in [2.24, 2.45) is 0 Å². The van der Waals surface area contributed by atoms with Crippen molar-refractivity contribution in [2.45, 2.75) is 39.2 Å². The van der Waals surface area contributed by atoms with E-state index in [0.29, 0.717) is 19.0 Å². The number of carbonyl (C=O) groups is 1. The lowest BCUT2D eigenvalue weighted by Gasteiger charge is -2.28. The smallest absolute Gasteiger partial charge is 0.244 e. The molecular formula is C18H27N7O. The van der Waals surface area contributed by atoms with Crippen LogP contribution in [0.4, 0.5) is 11.8 Å². The van der Waals surface area contributed by atoms with Gasteiger partial charge in [0.1, 0.15) is 11.9 Å². The Kier molecular flexibility index (Phi) is 6.04. The Morgan fingerprint density at radius 1 is 1.23 bits per heavy atom. The van der Waals surface area contributed by atoms with Crippen molar-refractivity contribution < 1.29 is 4.79 Å². The summed E-state index contributed by atoms with van der Waals surface area (Å²) in [4.78, 5) is 23.5. The van der Waals surface area contributed by atoms with Crippen LogP contribution in [0.3, 0.4) is 0 Å². The van der Waals surface area contributed by atoms with Crippen LogP contribution in [0.5, 0.6) is 0 Å². The number of piperidine rings is 1. The zero-order chi connectivity index (χ0) is 18.4.